The lowest BCUT2D eigenvalue weighted by Crippen LogP contribution is -2.03. The fourth-order valence-electron chi connectivity index (χ4n) is 1.72. The highest BCUT2D eigenvalue weighted by Gasteiger charge is 2.06. The first-order chi connectivity index (χ1) is 9.95. The summed E-state index contributed by atoms with van der Waals surface area (Å²) in [4.78, 5) is 1.35. The van der Waals surface area contributed by atoms with Crippen LogP contribution in [0.15, 0.2) is 58.3 Å². The highest BCUT2D eigenvalue weighted by atomic mass is 32.2. The minimum atomic E-state index is -3.14. The van der Waals surface area contributed by atoms with Crippen molar-refractivity contribution < 1.29 is 12.8 Å². The van der Waals surface area contributed by atoms with Crippen LogP contribution in [0.4, 0.5) is 10.1 Å². The minimum Gasteiger partial charge on any atom is -0.384 e. The van der Waals surface area contributed by atoms with Gasteiger partial charge in [0.2, 0.25) is 0 Å². The molecule has 0 atom stereocenters. The summed E-state index contributed by atoms with van der Waals surface area (Å²) < 4.78 is 35.4. The smallest absolute Gasteiger partial charge is 0.175 e. The molecular weight excluding hydrogens is 309 g/mol. The molecule has 21 heavy (non-hydrogen) atoms. The van der Waals surface area contributed by atoms with Gasteiger partial charge in [0.25, 0.3) is 0 Å². The van der Waals surface area contributed by atoms with Gasteiger partial charge in [0.05, 0.1) is 4.90 Å². The number of rotatable bonds is 6. The van der Waals surface area contributed by atoms with E-state index in [1.807, 2.05) is 0 Å². The fourth-order valence-corrected chi connectivity index (χ4v) is 3.11. The van der Waals surface area contributed by atoms with Crippen LogP contribution in [-0.4, -0.2) is 27.0 Å². The average molecular weight is 325 g/mol. The maximum atomic E-state index is 12.7. The Balaban J connectivity index is 1.80. The van der Waals surface area contributed by atoms with Crippen molar-refractivity contribution >= 4 is 27.3 Å². The third-order valence-electron chi connectivity index (χ3n) is 2.80. The molecule has 0 saturated heterocycles. The number of benzene rings is 2. The quantitative estimate of drug-likeness (QED) is 0.653. The maximum absolute atomic E-state index is 12.7. The van der Waals surface area contributed by atoms with Crippen LogP contribution in [-0.2, 0) is 9.84 Å². The van der Waals surface area contributed by atoms with Gasteiger partial charge in [-0.15, -0.1) is 11.8 Å². The summed E-state index contributed by atoms with van der Waals surface area (Å²) in [6, 6.07) is 13.1. The molecule has 0 radical (unpaired) electrons. The molecule has 1 N–H and O–H groups in total. The Bertz CT molecular complexity index is 683. The molecule has 3 nitrogen and oxygen atoms in total. The number of hydrogen-bond acceptors (Lipinski definition) is 4. The summed E-state index contributed by atoms with van der Waals surface area (Å²) in [6.07, 6.45) is 1.20. The van der Waals surface area contributed by atoms with Gasteiger partial charge in [0, 0.05) is 29.1 Å². The number of thioether (sulfide) groups is 1. The third kappa shape index (κ3) is 5.06. The molecule has 0 unspecified atom stereocenters. The van der Waals surface area contributed by atoms with Crippen LogP contribution in [0.2, 0.25) is 0 Å². The van der Waals surface area contributed by atoms with Gasteiger partial charge in [0.15, 0.2) is 9.84 Å². The van der Waals surface area contributed by atoms with Crippen molar-refractivity contribution in [2.24, 2.45) is 0 Å². The van der Waals surface area contributed by atoms with E-state index in [4.69, 9.17) is 0 Å². The molecule has 0 aliphatic carbocycles. The normalized spacial score (nSPS) is 11.3. The highest BCUT2D eigenvalue weighted by molar-refractivity contribution is 7.99. The van der Waals surface area contributed by atoms with Gasteiger partial charge in [-0.3, -0.25) is 0 Å². The molecule has 0 aromatic heterocycles. The molecule has 0 aliphatic heterocycles. The maximum Gasteiger partial charge on any atom is 0.175 e. The van der Waals surface area contributed by atoms with Crippen LogP contribution < -0.4 is 5.32 Å². The van der Waals surface area contributed by atoms with Gasteiger partial charge >= 0.3 is 0 Å². The van der Waals surface area contributed by atoms with Gasteiger partial charge in [-0.25, -0.2) is 12.8 Å². The van der Waals surface area contributed by atoms with Crippen LogP contribution in [0.5, 0.6) is 0 Å². The van der Waals surface area contributed by atoms with Crippen molar-refractivity contribution in [2.45, 2.75) is 9.79 Å². The van der Waals surface area contributed by atoms with Crippen molar-refractivity contribution in [3.05, 3.63) is 54.3 Å². The first-order valence-electron chi connectivity index (χ1n) is 6.37. The number of anilines is 1. The molecule has 2 rings (SSSR count). The topological polar surface area (TPSA) is 46.2 Å². The van der Waals surface area contributed by atoms with Gasteiger partial charge < -0.3 is 5.32 Å². The van der Waals surface area contributed by atoms with Crippen molar-refractivity contribution in [1.29, 1.82) is 0 Å². The molecule has 6 heteroatoms. The standard InChI is InChI=1S/C15H16FNO2S2/c1-21(18,19)15-8-6-14(7-9-15)20-11-10-17-13-4-2-12(16)3-5-13/h2-9,17H,10-11H2,1H3. The minimum absolute atomic E-state index is 0.249. The Morgan fingerprint density at radius 1 is 1.05 bits per heavy atom. The molecule has 0 amide bonds. The number of hydrogen-bond donors (Lipinski definition) is 1. The van der Waals surface area contributed by atoms with Gasteiger partial charge in [-0.05, 0) is 48.5 Å². The van der Waals surface area contributed by atoms with E-state index in [0.29, 0.717) is 4.90 Å². The van der Waals surface area contributed by atoms with E-state index < -0.39 is 9.84 Å². The van der Waals surface area contributed by atoms with Crippen LogP contribution in [0.1, 0.15) is 0 Å². The second-order valence-corrected chi connectivity index (χ2v) is 7.71. The zero-order valence-electron chi connectivity index (χ0n) is 11.5. The van der Waals surface area contributed by atoms with Crippen molar-refractivity contribution in [3.8, 4) is 0 Å². The fraction of sp³-hybridized carbons (Fsp3) is 0.200. The third-order valence-corrected chi connectivity index (χ3v) is 4.94. The summed E-state index contributed by atoms with van der Waals surface area (Å²) >= 11 is 1.63. The molecule has 112 valence electrons. The van der Waals surface area contributed by atoms with Crippen LogP contribution in [0.25, 0.3) is 0 Å². The van der Waals surface area contributed by atoms with E-state index in [2.05, 4.69) is 5.32 Å². The molecule has 0 bridgehead atoms. The molecule has 0 heterocycles. The highest BCUT2D eigenvalue weighted by Crippen LogP contribution is 2.20. The Kier molecular flexibility index (Phi) is 5.25. The van der Waals surface area contributed by atoms with E-state index in [1.54, 1.807) is 48.2 Å². The Morgan fingerprint density at radius 3 is 2.24 bits per heavy atom. The largest absolute Gasteiger partial charge is 0.384 e. The van der Waals surface area contributed by atoms with E-state index >= 15 is 0 Å². The number of sulfone groups is 1. The van der Waals surface area contributed by atoms with E-state index in [-0.39, 0.29) is 5.82 Å². The summed E-state index contributed by atoms with van der Waals surface area (Å²) in [5.41, 5.74) is 0.879. The van der Waals surface area contributed by atoms with Crippen LogP contribution in [0.3, 0.4) is 0 Å². The summed E-state index contributed by atoms with van der Waals surface area (Å²) in [5.74, 6) is 0.580. The Hall–Kier alpha value is -1.53. The molecule has 0 saturated carbocycles. The zero-order valence-corrected chi connectivity index (χ0v) is 13.2. The average Bonchev–Trinajstić information content (AvgIpc) is 2.45. The molecule has 0 aliphatic rings. The number of halogens is 1. The van der Waals surface area contributed by atoms with E-state index in [1.165, 1.54) is 18.4 Å². The lowest BCUT2D eigenvalue weighted by Gasteiger charge is -2.06. The predicted octanol–water partition coefficient (Wildman–Crippen LogP) is 3.43. The van der Waals surface area contributed by atoms with Gasteiger partial charge in [0.1, 0.15) is 5.82 Å². The zero-order chi connectivity index (χ0) is 15.3. The Morgan fingerprint density at radius 2 is 1.67 bits per heavy atom. The predicted molar refractivity (Wildman–Crippen MR) is 85.2 cm³/mol. The molecule has 0 spiro atoms. The second kappa shape index (κ2) is 6.95. The van der Waals surface area contributed by atoms with Crippen molar-refractivity contribution in [2.75, 3.05) is 23.9 Å². The number of nitrogens with one attached hydrogen (secondary N) is 1. The van der Waals surface area contributed by atoms with E-state index in [0.717, 1.165) is 22.9 Å². The van der Waals surface area contributed by atoms with Crippen molar-refractivity contribution in [3.63, 3.8) is 0 Å². The second-order valence-electron chi connectivity index (χ2n) is 4.53. The van der Waals surface area contributed by atoms with Crippen molar-refractivity contribution in [1.82, 2.24) is 0 Å². The van der Waals surface area contributed by atoms with Crippen LogP contribution >= 0.6 is 11.8 Å². The molecular formula is C15H16FNO2S2. The SMILES string of the molecule is CS(=O)(=O)c1ccc(SCCNc2ccc(F)cc2)cc1. The van der Waals surface area contributed by atoms with E-state index in [9.17, 15) is 12.8 Å². The first-order valence-corrected chi connectivity index (χ1v) is 9.25. The molecule has 2 aromatic carbocycles. The summed E-state index contributed by atoms with van der Waals surface area (Å²) in [6.45, 7) is 0.740. The Labute approximate surface area is 128 Å². The summed E-state index contributed by atoms with van der Waals surface area (Å²) in [5, 5.41) is 3.19. The molecule has 0 fully saturated rings. The molecule has 2 aromatic rings. The van der Waals surface area contributed by atoms with Gasteiger partial charge in [-0.1, -0.05) is 0 Å². The van der Waals surface area contributed by atoms with Crippen LogP contribution in [0, 0.1) is 5.82 Å². The van der Waals surface area contributed by atoms with Gasteiger partial charge in [-0.2, -0.15) is 0 Å². The monoisotopic (exact) mass is 325 g/mol. The first kappa shape index (κ1) is 15.9. The lowest BCUT2D eigenvalue weighted by molar-refractivity contribution is 0.602. The lowest BCUT2D eigenvalue weighted by atomic mass is 10.3. The summed E-state index contributed by atoms with van der Waals surface area (Å²) in [7, 11) is -3.14.